The van der Waals surface area contributed by atoms with E-state index in [-0.39, 0.29) is 12.1 Å². The van der Waals surface area contributed by atoms with Gasteiger partial charge in [-0.2, -0.15) is 0 Å². The summed E-state index contributed by atoms with van der Waals surface area (Å²) in [7, 11) is -1.30. The maximum Gasteiger partial charge on any atom is 0.478 e. The Morgan fingerprint density at radius 2 is 2.27 bits per heavy atom. The molecule has 1 saturated heterocycles. The number of carbonyl (C=O) groups is 2. The van der Waals surface area contributed by atoms with Crippen molar-refractivity contribution in [2.45, 2.75) is 31.3 Å². The van der Waals surface area contributed by atoms with Crippen molar-refractivity contribution in [2.75, 3.05) is 0 Å². The van der Waals surface area contributed by atoms with Crippen molar-refractivity contribution in [3.63, 3.8) is 0 Å². The Morgan fingerprint density at radius 1 is 1.50 bits per heavy atom. The number of hydrogen-bond acceptors (Lipinski definition) is 7. The zero-order chi connectivity index (χ0) is 16.1. The zero-order valence-corrected chi connectivity index (χ0v) is 12.3. The highest BCUT2D eigenvalue weighted by Crippen LogP contribution is 2.19. The zero-order valence-electron chi connectivity index (χ0n) is 11.5. The van der Waals surface area contributed by atoms with Crippen LogP contribution in [0.15, 0.2) is 22.7 Å². The standard InChI is InChI=1S/C12H15BN2O6S/c16-10(17)6-7-3-4-9(13(19)21-7)14-12(18)11(15-20)8-2-1-5-22-8/h1-2,5,7,9,19-20H,3-4,6H2,(H,14,18)(H,16,17)/b15-11-. The normalized spacial score (nSPS) is 22.4. The molecule has 118 valence electrons. The van der Waals surface area contributed by atoms with Crippen molar-refractivity contribution in [3.8, 4) is 0 Å². The van der Waals surface area contributed by atoms with Gasteiger partial charge in [0.2, 0.25) is 0 Å². The van der Waals surface area contributed by atoms with Crippen LogP contribution in [0.2, 0.25) is 0 Å². The minimum Gasteiger partial charge on any atom is -0.481 e. The van der Waals surface area contributed by atoms with E-state index in [0.717, 1.165) is 0 Å². The second kappa shape index (κ2) is 7.39. The summed E-state index contributed by atoms with van der Waals surface area (Å²) in [4.78, 5) is 23.2. The molecule has 10 heteroatoms. The number of nitrogens with zero attached hydrogens (tertiary/aromatic N) is 1. The fourth-order valence-electron chi connectivity index (χ4n) is 2.21. The lowest BCUT2D eigenvalue weighted by atomic mass is 9.72. The third-order valence-electron chi connectivity index (χ3n) is 3.26. The summed E-state index contributed by atoms with van der Waals surface area (Å²) in [5, 5.41) is 34.8. The van der Waals surface area contributed by atoms with Crippen LogP contribution in [0.25, 0.3) is 0 Å². The highest BCUT2D eigenvalue weighted by atomic mass is 32.1. The molecule has 0 radical (unpaired) electrons. The highest BCUT2D eigenvalue weighted by molar-refractivity contribution is 7.13. The Labute approximate surface area is 130 Å². The summed E-state index contributed by atoms with van der Waals surface area (Å²) in [6.07, 6.45) is -0.00710. The summed E-state index contributed by atoms with van der Waals surface area (Å²) >= 11 is 1.24. The first kappa shape index (κ1) is 16.5. The monoisotopic (exact) mass is 326 g/mol. The van der Waals surface area contributed by atoms with Gasteiger partial charge in [-0.3, -0.25) is 9.59 Å². The molecule has 22 heavy (non-hydrogen) atoms. The second-order valence-electron chi connectivity index (χ2n) is 4.83. The molecule has 8 nitrogen and oxygen atoms in total. The lowest BCUT2D eigenvalue weighted by molar-refractivity contribution is -0.139. The van der Waals surface area contributed by atoms with Crippen LogP contribution in [0, 0.1) is 0 Å². The fourth-order valence-corrected chi connectivity index (χ4v) is 2.92. The van der Waals surface area contributed by atoms with Crippen LogP contribution in [0.3, 0.4) is 0 Å². The molecule has 0 saturated carbocycles. The molecule has 0 spiro atoms. The number of thiophene rings is 1. The van der Waals surface area contributed by atoms with Crippen LogP contribution in [0.4, 0.5) is 0 Å². The molecule has 1 aromatic rings. The van der Waals surface area contributed by atoms with Crippen LogP contribution < -0.4 is 5.32 Å². The lowest BCUT2D eigenvalue weighted by Gasteiger charge is -2.30. The Hall–Kier alpha value is -1.91. The summed E-state index contributed by atoms with van der Waals surface area (Å²) in [5.74, 6) is -2.32. The Balaban J connectivity index is 1.94. The third kappa shape index (κ3) is 4.06. The lowest BCUT2D eigenvalue weighted by Crippen LogP contribution is -2.54. The number of nitrogens with one attached hydrogen (secondary N) is 1. The predicted molar refractivity (Wildman–Crippen MR) is 78.9 cm³/mol. The molecule has 0 aliphatic carbocycles. The molecule has 2 rings (SSSR count). The van der Waals surface area contributed by atoms with E-state index in [1.807, 2.05) is 0 Å². The van der Waals surface area contributed by atoms with Gasteiger partial charge in [0.15, 0.2) is 5.71 Å². The van der Waals surface area contributed by atoms with E-state index in [9.17, 15) is 14.6 Å². The first-order chi connectivity index (χ1) is 10.5. The number of carboxylic acids is 1. The van der Waals surface area contributed by atoms with Crippen LogP contribution in [-0.2, 0) is 14.2 Å². The van der Waals surface area contributed by atoms with Crippen LogP contribution >= 0.6 is 11.3 Å². The topological polar surface area (TPSA) is 128 Å². The SMILES string of the molecule is O=C(O)CC1CCC(NC(=O)/C(=N\O)c2cccs2)B(O)O1. The van der Waals surface area contributed by atoms with Gasteiger partial charge in [0.25, 0.3) is 5.91 Å². The molecule has 2 heterocycles. The van der Waals surface area contributed by atoms with Gasteiger partial charge >= 0.3 is 13.1 Å². The molecular weight excluding hydrogens is 311 g/mol. The molecule has 0 bridgehead atoms. The summed E-state index contributed by atoms with van der Waals surface area (Å²) in [6.45, 7) is 0. The number of rotatable bonds is 5. The molecule has 1 aliphatic heterocycles. The van der Waals surface area contributed by atoms with Gasteiger partial charge in [-0.25, -0.2) is 0 Å². The van der Waals surface area contributed by atoms with E-state index in [1.54, 1.807) is 17.5 Å². The molecule has 1 fully saturated rings. The van der Waals surface area contributed by atoms with E-state index < -0.39 is 31.0 Å². The van der Waals surface area contributed by atoms with Gasteiger partial charge in [0.1, 0.15) is 0 Å². The number of amides is 1. The van der Waals surface area contributed by atoms with E-state index >= 15 is 0 Å². The third-order valence-corrected chi connectivity index (χ3v) is 4.14. The van der Waals surface area contributed by atoms with Crippen molar-refractivity contribution in [1.82, 2.24) is 5.32 Å². The Bertz CT molecular complexity index is 564. The molecule has 1 aromatic heterocycles. The van der Waals surface area contributed by atoms with Crippen LogP contribution in [0.5, 0.6) is 0 Å². The average molecular weight is 326 g/mol. The Kier molecular flexibility index (Phi) is 5.53. The molecule has 4 N–H and O–H groups in total. The van der Waals surface area contributed by atoms with Gasteiger partial charge in [0, 0.05) is 0 Å². The predicted octanol–water partition coefficient (Wildman–Crippen LogP) is 0.0846. The second-order valence-corrected chi connectivity index (χ2v) is 5.78. The van der Waals surface area contributed by atoms with Crippen LogP contribution in [0.1, 0.15) is 24.1 Å². The minimum absolute atomic E-state index is 0.144. The molecule has 2 unspecified atom stereocenters. The molecule has 0 aromatic carbocycles. The molecular formula is C12H15BN2O6S. The van der Waals surface area contributed by atoms with Gasteiger partial charge in [0.05, 0.1) is 23.3 Å². The number of carbonyl (C=O) groups excluding carboxylic acids is 1. The maximum absolute atomic E-state index is 12.1. The first-order valence-electron chi connectivity index (χ1n) is 6.63. The largest absolute Gasteiger partial charge is 0.481 e. The number of aliphatic carboxylic acids is 1. The van der Waals surface area contributed by atoms with Crippen molar-refractivity contribution in [2.24, 2.45) is 5.16 Å². The van der Waals surface area contributed by atoms with E-state index in [0.29, 0.717) is 17.7 Å². The van der Waals surface area contributed by atoms with Crippen molar-refractivity contribution in [1.29, 1.82) is 0 Å². The van der Waals surface area contributed by atoms with E-state index in [1.165, 1.54) is 11.3 Å². The quantitative estimate of drug-likeness (QED) is 0.263. The fraction of sp³-hybridized carbons (Fsp3) is 0.417. The summed E-state index contributed by atoms with van der Waals surface area (Å²) < 4.78 is 5.17. The summed E-state index contributed by atoms with van der Waals surface area (Å²) in [5.41, 5.74) is -0.144. The number of carboxylic acid groups (broad SMARTS) is 1. The highest BCUT2D eigenvalue weighted by Gasteiger charge is 2.37. The van der Waals surface area contributed by atoms with Gasteiger partial charge < -0.3 is 25.3 Å². The number of hydrogen-bond donors (Lipinski definition) is 4. The first-order valence-corrected chi connectivity index (χ1v) is 7.51. The molecule has 1 amide bonds. The van der Waals surface area contributed by atoms with E-state index in [2.05, 4.69) is 10.5 Å². The van der Waals surface area contributed by atoms with E-state index in [4.69, 9.17) is 15.0 Å². The van der Waals surface area contributed by atoms with Gasteiger partial charge in [-0.15, -0.1) is 11.3 Å². The van der Waals surface area contributed by atoms with Crippen LogP contribution in [-0.4, -0.2) is 52.1 Å². The Morgan fingerprint density at radius 3 is 2.82 bits per heavy atom. The van der Waals surface area contributed by atoms with Crippen molar-refractivity contribution >= 4 is 36.0 Å². The maximum atomic E-state index is 12.1. The summed E-state index contributed by atoms with van der Waals surface area (Å²) in [6, 6.07) is 3.35. The molecule has 1 aliphatic rings. The van der Waals surface area contributed by atoms with Gasteiger partial charge in [-0.1, -0.05) is 11.2 Å². The average Bonchev–Trinajstić information content (AvgIpc) is 2.96. The van der Waals surface area contributed by atoms with Gasteiger partial charge in [-0.05, 0) is 24.3 Å². The van der Waals surface area contributed by atoms with Crippen molar-refractivity contribution in [3.05, 3.63) is 22.4 Å². The number of oxime groups is 1. The molecule has 2 atom stereocenters. The van der Waals surface area contributed by atoms with Crippen molar-refractivity contribution < 1.29 is 29.6 Å². The minimum atomic E-state index is -1.30. The smallest absolute Gasteiger partial charge is 0.478 e.